The molecule has 2 fully saturated rings. The summed E-state index contributed by atoms with van der Waals surface area (Å²) in [7, 11) is 1.46. The average Bonchev–Trinajstić information content (AvgIpc) is 3.39. The van der Waals surface area contributed by atoms with Crippen molar-refractivity contribution in [3.63, 3.8) is 0 Å². The molecule has 2 amide bonds. The molecule has 2 heterocycles. The van der Waals surface area contributed by atoms with Gasteiger partial charge in [-0.15, -0.1) is 0 Å². The standard InChI is InChI=1S/C27H26N2O6/c1-3-16-34-19-14-12-17(13-15-19)28-26(31)22-23(20-10-7-11-21(33-2)24(20)30)29(35-25(22)27(28)32)18-8-5-4-6-9-18/h4-15,22-23,25,30H,3,16H2,1-2H3/t22-,23+,25+/m0/s1. The van der Waals surface area contributed by atoms with E-state index < -0.39 is 29.9 Å². The van der Waals surface area contributed by atoms with E-state index >= 15 is 0 Å². The molecule has 0 unspecified atom stereocenters. The van der Waals surface area contributed by atoms with Gasteiger partial charge in [0, 0.05) is 5.56 Å². The van der Waals surface area contributed by atoms with Crippen LogP contribution in [0.3, 0.4) is 0 Å². The van der Waals surface area contributed by atoms with Crippen LogP contribution in [-0.2, 0) is 14.4 Å². The van der Waals surface area contributed by atoms with E-state index in [4.69, 9.17) is 14.3 Å². The van der Waals surface area contributed by atoms with E-state index in [0.717, 1.165) is 11.3 Å². The number of hydrogen-bond acceptors (Lipinski definition) is 7. The second-order valence-electron chi connectivity index (χ2n) is 8.41. The Bertz CT molecular complexity index is 1230. The van der Waals surface area contributed by atoms with Gasteiger partial charge in [-0.1, -0.05) is 37.3 Å². The molecule has 0 saturated carbocycles. The summed E-state index contributed by atoms with van der Waals surface area (Å²) in [5.74, 6) is -0.866. The number of phenolic OH excluding ortho intramolecular Hbond substituents is 1. The Morgan fingerprint density at radius 2 is 1.66 bits per heavy atom. The maximum atomic E-state index is 13.7. The molecule has 3 aromatic rings. The van der Waals surface area contributed by atoms with Gasteiger partial charge in [-0.2, -0.15) is 0 Å². The summed E-state index contributed by atoms with van der Waals surface area (Å²) in [5, 5.41) is 12.5. The number of aromatic hydroxyl groups is 1. The number of para-hydroxylation sites is 2. The third kappa shape index (κ3) is 3.85. The summed E-state index contributed by atoms with van der Waals surface area (Å²) in [6, 6.07) is 20.4. The van der Waals surface area contributed by atoms with Gasteiger partial charge in [0.15, 0.2) is 17.6 Å². The van der Waals surface area contributed by atoms with Crippen LogP contribution in [0.5, 0.6) is 17.2 Å². The van der Waals surface area contributed by atoms with Crippen molar-refractivity contribution in [2.24, 2.45) is 5.92 Å². The summed E-state index contributed by atoms with van der Waals surface area (Å²) in [5.41, 5.74) is 1.55. The molecule has 0 spiro atoms. The van der Waals surface area contributed by atoms with Crippen molar-refractivity contribution in [1.82, 2.24) is 0 Å². The highest BCUT2D eigenvalue weighted by Gasteiger charge is 2.60. The SMILES string of the molecule is CCCOc1ccc(N2C(=O)[C@H]3[C@@H](c4cccc(OC)c4O)N(c4ccccc4)O[C@H]3C2=O)cc1. The third-order valence-electron chi connectivity index (χ3n) is 6.26. The van der Waals surface area contributed by atoms with Gasteiger partial charge < -0.3 is 14.6 Å². The largest absolute Gasteiger partial charge is 0.504 e. The highest BCUT2D eigenvalue weighted by molar-refractivity contribution is 6.24. The zero-order valence-corrected chi connectivity index (χ0v) is 19.5. The Kier molecular flexibility index (Phi) is 6.05. The lowest BCUT2D eigenvalue weighted by molar-refractivity contribution is -0.126. The lowest BCUT2D eigenvalue weighted by Gasteiger charge is -2.29. The lowest BCUT2D eigenvalue weighted by atomic mass is 9.90. The number of fused-ring (bicyclic) bond motifs is 1. The Balaban J connectivity index is 1.54. The van der Waals surface area contributed by atoms with E-state index in [1.165, 1.54) is 7.11 Å². The number of rotatable bonds is 7. The Morgan fingerprint density at radius 3 is 2.34 bits per heavy atom. The van der Waals surface area contributed by atoms with E-state index in [1.54, 1.807) is 47.5 Å². The van der Waals surface area contributed by atoms with Crippen molar-refractivity contribution < 1.29 is 29.0 Å². The molecule has 3 atom stereocenters. The molecule has 8 nitrogen and oxygen atoms in total. The van der Waals surface area contributed by atoms with Gasteiger partial charge in [0.2, 0.25) is 5.91 Å². The van der Waals surface area contributed by atoms with Crippen LogP contribution in [-0.4, -0.2) is 36.7 Å². The van der Waals surface area contributed by atoms with E-state index in [0.29, 0.717) is 29.3 Å². The van der Waals surface area contributed by atoms with Crippen molar-refractivity contribution in [2.45, 2.75) is 25.5 Å². The predicted octanol–water partition coefficient (Wildman–Crippen LogP) is 4.24. The van der Waals surface area contributed by atoms with Gasteiger partial charge >= 0.3 is 0 Å². The summed E-state index contributed by atoms with van der Waals surface area (Å²) in [6.07, 6.45) is -0.156. The van der Waals surface area contributed by atoms with Crippen LogP contribution in [0, 0.1) is 5.92 Å². The highest BCUT2D eigenvalue weighted by atomic mass is 16.7. The van der Waals surface area contributed by atoms with E-state index in [-0.39, 0.29) is 11.5 Å². The molecule has 0 aromatic heterocycles. The monoisotopic (exact) mass is 474 g/mol. The van der Waals surface area contributed by atoms with Crippen molar-refractivity contribution >= 4 is 23.2 Å². The van der Waals surface area contributed by atoms with Crippen molar-refractivity contribution in [1.29, 1.82) is 0 Å². The number of phenols is 1. The smallest absolute Gasteiger partial charge is 0.266 e. The van der Waals surface area contributed by atoms with E-state index in [1.807, 2.05) is 37.3 Å². The van der Waals surface area contributed by atoms with E-state index in [9.17, 15) is 14.7 Å². The molecule has 0 radical (unpaired) electrons. The molecular formula is C27H26N2O6. The first-order chi connectivity index (χ1) is 17.0. The molecule has 180 valence electrons. The molecule has 2 aliphatic rings. The first kappa shape index (κ1) is 22.7. The minimum Gasteiger partial charge on any atom is -0.504 e. The van der Waals surface area contributed by atoms with Crippen molar-refractivity contribution in [2.75, 3.05) is 23.7 Å². The minimum absolute atomic E-state index is 0.0960. The molecule has 3 aromatic carbocycles. The number of amides is 2. The number of carbonyl (C=O) groups is 2. The molecule has 5 rings (SSSR count). The highest BCUT2D eigenvalue weighted by Crippen LogP contribution is 2.50. The zero-order chi connectivity index (χ0) is 24.5. The summed E-state index contributed by atoms with van der Waals surface area (Å²) < 4.78 is 10.9. The number of benzene rings is 3. The number of imide groups is 1. The topological polar surface area (TPSA) is 88.5 Å². The second-order valence-corrected chi connectivity index (χ2v) is 8.41. The quantitative estimate of drug-likeness (QED) is 0.513. The maximum absolute atomic E-state index is 13.7. The van der Waals surface area contributed by atoms with Gasteiger partial charge in [0.25, 0.3) is 5.91 Å². The fourth-order valence-electron chi connectivity index (χ4n) is 4.64. The van der Waals surface area contributed by atoms with Gasteiger partial charge in [-0.3, -0.25) is 14.4 Å². The summed E-state index contributed by atoms with van der Waals surface area (Å²) in [4.78, 5) is 34.5. The third-order valence-corrected chi connectivity index (χ3v) is 6.26. The van der Waals surface area contributed by atoms with Gasteiger partial charge in [0.05, 0.1) is 25.1 Å². The molecule has 35 heavy (non-hydrogen) atoms. The summed E-state index contributed by atoms with van der Waals surface area (Å²) in [6.45, 7) is 2.60. The summed E-state index contributed by atoms with van der Waals surface area (Å²) >= 11 is 0. The minimum atomic E-state index is -1.03. The van der Waals surface area contributed by atoms with Crippen LogP contribution < -0.4 is 19.4 Å². The first-order valence-electron chi connectivity index (χ1n) is 11.5. The number of carbonyl (C=O) groups excluding carboxylic acids is 2. The van der Waals surface area contributed by atoms with Crippen LogP contribution >= 0.6 is 0 Å². The maximum Gasteiger partial charge on any atom is 0.266 e. The molecule has 0 aliphatic carbocycles. The van der Waals surface area contributed by atoms with Crippen LogP contribution in [0.25, 0.3) is 0 Å². The van der Waals surface area contributed by atoms with Crippen LogP contribution in [0.2, 0.25) is 0 Å². The zero-order valence-electron chi connectivity index (χ0n) is 19.5. The number of hydrogen-bond donors (Lipinski definition) is 1. The van der Waals surface area contributed by atoms with Crippen LogP contribution in [0.15, 0.2) is 72.8 Å². The predicted molar refractivity (Wildman–Crippen MR) is 129 cm³/mol. The molecule has 2 saturated heterocycles. The first-order valence-corrected chi connectivity index (χ1v) is 11.5. The number of hydroxylamine groups is 1. The lowest BCUT2D eigenvalue weighted by Crippen LogP contribution is -2.37. The number of anilines is 2. The van der Waals surface area contributed by atoms with Crippen molar-refractivity contribution in [3.8, 4) is 17.2 Å². The van der Waals surface area contributed by atoms with E-state index in [2.05, 4.69) is 0 Å². The van der Waals surface area contributed by atoms with Gasteiger partial charge in [-0.05, 0) is 48.9 Å². The van der Waals surface area contributed by atoms with Crippen molar-refractivity contribution in [3.05, 3.63) is 78.4 Å². The Morgan fingerprint density at radius 1 is 0.914 bits per heavy atom. The van der Waals surface area contributed by atoms with Gasteiger partial charge in [0.1, 0.15) is 17.7 Å². The second kappa shape index (κ2) is 9.31. The normalized spacial score (nSPS) is 21.4. The average molecular weight is 475 g/mol. The Labute approximate surface area is 203 Å². The number of ether oxygens (including phenoxy) is 2. The number of nitrogens with zero attached hydrogens (tertiary/aromatic N) is 2. The van der Waals surface area contributed by atoms with Gasteiger partial charge in [-0.25, -0.2) is 9.96 Å². The fourth-order valence-corrected chi connectivity index (χ4v) is 4.64. The molecule has 1 N–H and O–H groups in total. The number of methoxy groups -OCH3 is 1. The molecule has 0 bridgehead atoms. The molecule has 8 heteroatoms. The molecule has 2 aliphatic heterocycles. The van der Waals surface area contributed by atoms with Crippen LogP contribution in [0.4, 0.5) is 11.4 Å². The molecular weight excluding hydrogens is 448 g/mol. The van der Waals surface area contributed by atoms with Crippen LogP contribution in [0.1, 0.15) is 24.9 Å². The Hall–Kier alpha value is -4.04. The fraction of sp³-hybridized carbons (Fsp3) is 0.259.